The molecule has 1 heterocycles. The number of benzene rings is 5. The first-order chi connectivity index (χ1) is 23.0. The van der Waals surface area contributed by atoms with Gasteiger partial charge in [-0.25, -0.2) is 0 Å². The average Bonchev–Trinajstić information content (AvgIpc) is 3.12. The van der Waals surface area contributed by atoms with Crippen molar-refractivity contribution in [2.75, 3.05) is 6.61 Å². The molecule has 47 heavy (non-hydrogen) atoms. The van der Waals surface area contributed by atoms with Gasteiger partial charge in [0, 0.05) is 19.3 Å². The Hall–Kier alpha value is -4.14. The number of rotatable bonds is 13. The minimum Gasteiger partial charge on any atom is -0.394 e. The Balaban J connectivity index is 1.61. The van der Waals surface area contributed by atoms with Crippen molar-refractivity contribution in [1.82, 2.24) is 0 Å². The lowest BCUT2D eigenvalue weighted by molar-refractivity contribution is -0.433. The summed E-state index contributed by atoms with van der Waals surface area (Å²) in [7, 11) is 0. The maximum absolute atomic E-state index is 13.3. The minimum absolute atomic E-state index is 0.0178. The van der Waals surface area contributed by atoms with Crippen LogP contribution in [0.5, 0.6) is 0 Å². The van der Waals surface area contributed by atoms with Crippen molar-refractivity contribution in [3.8, 4) is 0 Å². The van der Waals surface area contributed by atoms with Gasteiger partial charge in [0.2, 0.25) is 5.79 Å². The molecule has 1 unspecified atom stereocenters. The van der Waals surface area contributed by atoms with Gasteiger partial charge in [-0.2, -0.15) is 0 Å². The third-order valence-electron chi connectivity index (χ3n) is 9.23. The average molecular weight is 631 g/mol. The number of hydrogen-bond donors (Lipinski definition) is 3. The summed E-state index contributed by atoms with van der Waals surface area (Å²) < 4.78 is 20.7. The topological polar surface area (TPSA) is 88.4 Å². The molecule has 0 radical (unpaired) electrons. The highest BCUT2D eigenvalue weighted by molar-refractivity contribution is 5.32. The first kappa shape index (κ1) is 32.8. The first-order valence-electron chi connectivity index (χ1n) is 16.1. The van der Waals surface area contributed by atoms with E-state index in [1.165, 1.54) is 0 Å². The molecule has 0 spiro atoms. The molecular weight excluding hydrogens is 588 g/mol. The van der Waals surface area contributed by atoms with Crippen molar-refractivity contribution in [2.24, 2.45) is 0 Å². The largest absolute Gasteiger partial charge is 0.394 e. The van der Waals surface area contributed by atoms with Crippen LogP contribution in [0.2, 0.25) is 0 Å². The number of hydrogen-bond acceptors (Lipinski definition) is 6. The summed E-state index contributed by atoms with van der Waals surface area (Å²) >= 11 is 0. The van der Waals surface area contributed by atoms with Gasteiger partial charge in [-0.1, -0.05) is 152 Å². The number of ether oxygens (including phenoxy) is 3. The van der Waals surface area contributed by atoms with Crippen LogP contribution < -0.4 is 0 Å². The van der Waals surface area contributed by atoms with E-state index in [-0.39, 0.29) is 32.5 Å². The van der Waals surface area contributed by atoms with Crippen LogP contribution in [0.1, 0.15) is 27.8 Å². The molecule has 1 aliphatic heterocycles. The van der Waals surface area contributed by atoms with Crippen molar-refractivity contribution in [1.29, 1.82) is 0 Å². The molecule has 6 rings (SSSR count). The zero-order chi connectivity index (χ0) is 32.6. The second kappa shape index (κ2) is 14.7. The fourth-order valence-corrected chi connectivity index (χ4v) is 6.90. The first-order valence-corrected chi connectivity index (χ1v) is 16.1. The Bertz CT molecular complexity index is 1650. The fourth-order valence-electron chi connectivity index (χ4n) is 6.90. The van der Waals surface area contributed by atoms with Gasteiger partial charge in [0.05, 0.1) is 19.8 Å². The molecule has 6 heteroatoms. The second-order valence-electron chi connectivity index (χ2n) is 12.3. The van der Waals surface area contributed by atoms with Crippen LogP contribution in [0.3, 0.4) is 0 Å². The van der Waals surface area contributed by atoms with E-state index in [9.17, 15) is 15.3 Å². The standard InChI is InChI=1S/C41H42O6/c42-29-37-38(43)39(26-32-16-6-1-7-17-32,45-30-35-22-12-4-13-23-35)40(27-33-18-8-2-9-19-33,46-31-36-24-14-5-15-25-36)41(44,47-37)28-34-20-10-3-11-21-34/h1-25,37-38,42-44H,26-31H2/t37-,38-,39+,40-,41?/m1/s1. The molecule has 5 atom stereocenters. The molecule has 5 aromatic carbocycles. The van der Waals surface area contributed by atoms with Crippen molar-refractivity contribution in [3.63, 3.8) is 0 Å². The van der Waals surface area contributed by atoms with Gasteiger partial charge in [0.25, 0.3) is 0 Å². The highest BCUT2D eigenvalue weighted by Crippen LogP contribution is 2.53. The maximum atomic E-state index is 13.3. The Kier molecular flexibility index (Phi) is 10.3. The van der Waals surface area contributed by atoms with E-state index in [1.807, 2.05) is 152 Å². The van der Waals surface area contributed by atoms with E-state index in [4.69, 9.17) is 14.2 Å². The minimum atomic E-state index is -2.07. The van der Waals surface area contributed by atoms with Crippen molar-refractivity contribution in [2.45, 2.75) is 61.7 Å². The summed E-state index contributed by atoms with van der Waals surface area (Å²) in [5.41, 5.74) is 1.000. The van der Waals surface area contributed by atoms with Crippen LogP contribution >= 0.6 is 0 Å². The van der Waals surface area contributed by atoms with Crippen LogP contribution in [0.15, 0.2) is 152 Å². The number of aliphatic hydroxyl groups is 3. The van der Waals surface area contributed by atoms with Gasteiger partial charge in [0.15, 0.2) is 5.60 Å². The summed E-state index contributed by atoms with van der Waals surface area (Å²) in [6.07, 6.45) is -2.25. The number of aliphatic hydroxyl groups excluding tert-OH is 2. The Labute approximate surface area is 276 Å². The van der Waals surface area contributed by atoms with E-state index in [1.54, 1.807) is 0 Å². The lowest BCUT2D eigenvalue weighted by atomic mass is 9.62. The monoisotopic (exact) mass is 630 g/mol. The molecule has 1 fully saturated rings. The van der Waals surface area contributed by atoms with E-state index in [0.717, 1.165) is 27.8 Å². The third kappa shape index (κ3) is 6.94. The zero-order valence-electron chi connectivity index (χ0n) is 26.4. The summed E-state index contributed by atoms with van der Waals surface area (Å²) in [6, 6.07) is 48.6. The summed E-state index contributed by atoms with van der Waals surface area (Å²) in [4.78, 5) is 0. The van der Waals surface area contributed by atoms with Crippen LogP contribution in [0, 0.1) is 0 Å². The smallest absolute Gasteiger partial charge is 0.203 e. The molecule has 1 saturated heterocycles. The van der Waals surface area contributed by atoms with Crippen LogP contribution in [-0.2, 0) is 46.7 Å². The lowest BCUT2D eigenvalue weighted by Gasteiger charge is -2.63. The van der Waals surface area contributed by atoms with E-state index in [2.05, 4.69) is 0 Å². The molecule has 0 aromatic heterocycles. The Morgan fingerprint density at radius 1 is 0.511 bits per heavy atom. The second-order valence-corrected chi connectivity index (χ2v) is 12.3. The molecule has 0 saturated carbocycles. The molecule has 0 amide bonds. The highest BCUT2D eigenvalue weighted by Gasteiger charge is 2.73. The lowest BCUT2D eigenvalue weighted by Crippen LogP contribution is -2.82. The summed E-state index contributed by atoms with van der Waals surface area (Å²) in [6.45, 7) is -0.310. The van der Waals surface area contributed by atoms with Gasteiger partial charge in [-0.15, -0.1) is 0 Å². The van der Waals surface area contributed by atoms with E-state index < -0.39 is 35.8 Å². The SMILES string of the molecule is OC[C@H]1OC(O)(Cc2ccccc2)[C@](Cc2ccccc2)(OCc2ccccc2)[C@@](Cc2ccccc2)(OCc2ccccc2)[C@@H]1O. The van der Waals surface area contributed by atoms with E-state index in [0.29, 0.717) is 0 Å². The molecular formula is C41H42O6. The van der Waals surface area contributed by atoms with Crippen molar-refractivity contribution in [3.05, 3.63) is 179 Å². The Morgan fingerprint density at radius 2 is 0.894 bits per heavy atom. The van der Waals surface area contributed by atoms with Gasteiger partial charge in [-0.3, -0.25) is 0 Å². The zero-order valence-corrected chi connectivity index (χ0v) is 26.4. The predicted molar refractivity (Wildman–Crippen MR) is 181 cm³/mol. The maximum Gasteiger partial charge on any atom is 0.203 e. The Morgan fingerprint density at radius 3 is 1.34 bits per heavy atom. The van der Waals surface area contributed by atoms with Crippen molar-refractivity contribution >= 4 is 0 Å². The van der Waals surface area contributed by atoms with Crippen molar-refractivity contribution < 1.29 is 29.5 Å². The van der Waals surface area contributed by atoms with Gasteiger partial charge < -0.3 is 29.5 Å². The van der Waals surface area contributed by atoms with Gasteiger partial charge >= 0.3 is 0 Å². The molecule has 3 N–H and O–H groups in total. The molecule has 0 bridgehead atoms. The highest BCUT2D eigenvalue weighted by atomic mass is 16.7. The van der Waals surface area contributed by atoms with E-state index >= 15 is 0 Å². The fraction of sp³-hybridized carbons (Fsp3) is 0.268. The molecule has 0 aliphatic carbocycles. The summed E-state index contributed by atoms with van der Waals surface area (Å²) in [5.74, 6) is -2.07. The van der Waals surface area contributed by atoms with Gasteiger partial charge in [0.1, 0.15) is 17.8 Å². The third-order valence-corrected chi connectivity index (χ3v) is 9.23. The predicted octanol–water partition coefficient (Wildman–Crippen LogP) is 6.07. The van der Waals surface area contributed by atoms with Crippen LogP contribution in [0.25, 0.3) is 0 Å². The normalized spacial score (nSPS) is 25.8. The van der Waals surface area contributed by atoms with Crippen LogP contribution in [-0.4, -0.2) is 51.1 Å². The van der Waals surface area contributed by atoms with Crippen LogP contribution in [0.4, 0.5) is 0 Å². The molecule has 5 aromatic rings. The molecule has 6 nitrogen and oxygen atoms in total. The molecule has 242 valence electrons. The summed E-state index contributed by atoms with van der Waals surface area (Å²) in [5, 5.41) is 36.5. The molecule has 1 aliphatic rings. The van der Waals surface area contributed by atoms with Gasteiger partial charge in [-0.05, 0) is 27.8 Å². The quantitative estimate of drug-likeness (QED) is 0.147.